The van der Waals surface area contributed by atoms with Crippen LogP contribution < -0.4 is 16.0 Å². The first-order valence-electron chi connectivity index (χ1n) is 6.26. The maximum atomic E-state index is 11.7. The Morgan fingerprint density at radius 3 is 3.11 bits per heavy atom. The second kappa shape index (κ2) is 6.58. The summed E-state index contributed by atoms with van der Waals surface area (Å²) in [5.74, 6) is 0.408. The van der Waals surface area contributed by atoms with E-state index in [1.807, 2.05) is 19.1 Å². The van der Waals surface area contributed by atoms with E-state index in [0.717, 1.165) is 17.1 Å². The van der Waals surface area contributed by atoms with Gasteiger partial charge in [0.25, 0.3) is 0 Å². The SMILES string of the molecule is CCNCCC(=O)Nc1ccc2c(c1)NC(=O)CS2. The zero-order valence-corrected chi connectivity index (χ0v) is 11.6. The number of hydrogen-bond donors (Lipinski definition) is 3. The number of carbonyl (C=O) groups excluding carboxylic acids is 2. The first kappa shape index (κ1) is 13.9. The molecule has 1 aliphatic heterocycles. The highest BCUT2D eigenvalue weighted by atomic mass is 32.2. The van der Waals surface area contributed by atoms with Gasteiger partial charge in [-0.3, -0.25) is 9.59 Å². The maximum Gasteiger partial charge on any atom is 0.234 e. The minimum Gasteiger partial charge on any atom is -0.326 e. The molecule has 0 radical (unpaired) electrons. The fourth-order valence-electron chi connectivity index (χ4n) is 1.76. The molecule has 0 bridgehead atoms. The van der Waals surface area contributed by atoms with Gasteiger partial charge in [0.05, 0.1) is 11.4 Å². The van der Waals surface area contributed by atoms with Gasteiger partial charge >= 0.3 is 0 Å². The summed E-state index contributed by atoms with van der Waals surface area (Å²) in [5, 5.41) is 8.73. The van der Waals surface area contributed by atoms with E-state index in [0.29, 0.717) is 24.4 Å². The molecule has 1 aromatic rings. The van der Waals surface area contributed by atoms with Crippen LogP contribution in [0.25, 0.3) is 0 Å². The molecule has 0 fully saturated rings. The molecular weight excluding hydrogens is 262 g/mol. The van der Waals surface area contributed by atoms with Crippen molar-refractivity contribution in [2.24, 2.45) is 0 Å². The molecule has 2 amide bonds. The fourth-order valence-corrected chi connectivity index (χ4v) is 2.55. The van der Waals surface area contributed by atoms with Crippen molar-refractivity contribution in [3.05, 3.63) is 18.2 Å². The standard InChI is InChI=1S/C13H17N3O2S/c1-2-14-6-5-12(17)15-9-3-4-11-10(7-9)16-13(18)8-19-11/h3-4,7,14H,2,5-6,8H2,1H3,(H,15,17)(H,16,18). The highest BCUT2D eigenvalue weighted by molar-refractivity contribution is 8.00. The van der Waals surface area contributed by atoms with E-state index in [-0.39, 0.29) is 11.8 Å². The highest BCUT2D eigenvalue weighted by Crippen LogP contribution is 2.33. The molecular formula is C13H17N3O2S. The van der Waals surface area contributed by atoms with Gasteiger partial charge in [-0.1, -0.05) is 6.92 Å². The quantitative estimate of drug-likeness (QED) is 0.717. The summed E-state index contributed by atoms with van der Waals surface area (Å²) < 4.78 is 0. The third-order valence-corrected chi connectivity index (χ3v) is 3.75. The minimum absolute atomic E-state index is 0.00637. The summed E-state index contributed by atoms with van der Waals surface area (Å²) in [4.78, 5) is 24.0. The first-order chi connectivity index (χ1) is 9.19. The highest BCUT2D eigenvalue weighted by Gasteiger charge is 2.15. The normalized spacial score (nSPS) is 13.6. The molecule has 2 rings (SSSR count). The molecule has 0 unspecified atom stereocenters. The number of rotatable bonds is 5. The number of nitrogens with one attached hydrogen (secondary N) is 3. The average Bonchev–Trinajstić information content (AvgIpc) is 2.38. The van der Waals surface area contributed by atoms with E-state index in [1.165, 1.54) is 11.8 Å². The van der Waals surface area contributed by atoms with Crippen LogP contribution in [0.5, 0.6) is 0 Å². The van der Waals surface area contributed by atoms with E-state index in [9.17, 15) is 9.59 Å². The van der Waals surface area contributed by atoms with Gasteiger partial charge in [-0.15, -0.1) is 11.8 Å². The summed E-state index contributed by atoms with van der Waals surface area (Å²) >= 11 is 1.51. The summed E-state index contributed by atoms with van der Waals surface area (Å²) in [6.07, 6.45) is 0.437. The number of amides is 2. The molecule has 0 aliphatic carbocycles. The molecule has 3 N–H and O–H groups in total. The van der Waals surface area contributed by atoms with Gasteiger partial charge in [-0.2, -0.15) is 0 Å². The monoisotopic (exact) mass is 279 g/mol. The van der Waals surface area contributed by atoms with Crippen LogP contribution in [0.1, 0.15) is 13.3 Å². The summed E-state index contributed by atoms with van der Waals surface area (Å²) in [6.45, 7) is 3.52. The molecule has 1 aliphatic rings. The van der Waals surface area contributed by atoms with Crippen LogP contribution in [0.3, 0.4) is 0 Å². The van der Waals surface area contributed by atoms with Crippen LogP contribution in [-0.2, 0) is 9.59 Å². The van der Waals surface area contributed by atoms with Crippen molar-refractivity contribution in [3.8, 4) is 0 Å². The molecule has 1 heterocycles. The summed E-state index contributed by atoms with van der Waals surface area (Å²) in [7, 11) is 0. The van der Waals surface area contributed by atoms with Gasteiger partial charge in [0, 0.05) is 23.5 Å². The van der Waals surface area contributed by atoms with Crippen molar-refractivity contribution in [2.45, 2.75) is 18.2 Å². The van der Waals surface area contributed by atoms with Crippen molar-refractivity contribution in [1.82, 2.24) is 5.32 Å². The van der Waals surface area contributed by atoms with Crippen molar-refractivity contribution in [3.63, 3.8) is 0 Å². The number of fused-ring (bicyclic) bond motifs is 1. The summed E-state index contributed by atoms with van der Waals surface area (Å²) in [5.41, 5.74) is 1.48. The Morgan fingerprint density at radius 2 is 2.32 bits per heavy atom. The molecule has 19 heavy (non-hydrogen) atoms. The molecule has 1 aromatic carbocycles. The van der Waals surface area contributed by atoms with Gasteiger partial charge in [-0.25, -0.2) is 0 Å². The van der Waals surface area contributed by atoms with Crippen LogP contribution in [-0.4, -0.2) is 30.7 Å². The Hall–Kier alpha value is -1.53. The predicted octanol–water partition coefficient (Wildman–Crippen LogP) is 1.67. The van der Waals surface area contributed by atoms with E-state index in [1.54, 1.807) is 6.07 Å². The Labute approximate surface area is 116 Å². The van der Waals surface area contributed by atoms with E-state index < -0.39 is 0 Å². The number of anilines is 2. The topological polar surface area (TPSA) is 70.2 Å². The number of hydrogen-bond acceptors (Lipinski definition) is 4. The van der Waals surface area contributed by atoms with Gasteiger partial charge in [-0.05, 0) is 24.7 Å². The Kier molecular flexibility index (Phi) is 4.81. The Balaban J connectivity index is 1.96. The summed E-state index contributed by atoms with van der Waals surface area (Å²) in [6, 6.07) is 5.57. The molecule has 0 atom stereocenters. The third kappa shape index (κ3) is 3.97. The zero-order chi connectivity index (χ0) is 13.7. The third-order valence-electron chi connectivity index (χ3n) is 2.68. The fraction of sp³-hybridized carbons (Fsp3) is 0.385. The van der Waals surface area contributed by atoms with Gasteiger partial charge in [0.15, 0.2) is 0 Å². The molecule has 5 nitrogen and oxygen atoms in total. The zero-order valence-electron chi connectivity index (χ0n) is 10.8. The van der Waals surface area contributed by atoms with E-state index in [4.69, 9.17) is 0 Å². The van der Waals surface area contributed by atoms with E-state index in [2.05, 4.69) is 16.0 Å². The number of benzene rings is 1. The van der Waals surface area contributed by atoms with Crippen LogP contribution in [0.2, 0.25) is 0 Å². The Morgan fingerprint density at radius 1 is 1.47 bits per heavy atom. The molecule has 0 spiro atoms. The van der Waals surface area contributed by atoms with Crippen LogP contribution in [0, 0.1) is 0 Å². The average molecular weight is 279 g/mol. The lowest BCUT2D eigenvalue weighted by atomic mass is 10.2. The number of carbonyl (C=O) groups is 2. The Bertz CT molecular complexity index is 491. The minimum atomic E-state index is -0.0318. The smallest absolute Gasteiger partial charge is 0.234 e. The van der Waals surface area contributed by atoms with Crippen molar-refractivity contribution >= 4 is 35.0 Å². The lowest BCUT2D eigenvalue weighted by molar-refractivity contribution is -0.116. The van der Waals surface area contributed by atoms with Crippen LogP contribution in [0.4, 0.5) is 11.4 Å². The molecule has 0 saturated heterocycles. The molecule has 0 saturated carbocycles. The first-order valence-corrected chi connectivity index (χ1v) is 7.25. The molecule has 102 valence electrons. The van der Waals surface area contributed by atoms with Crippen LogP contribution >= 0.6 is 11.8 Å². The molecule has 0 aromatic heterocycles. The van der Waals surface area contributed by atoms with Crippen molar-refractivity contribution in [1.29, 1.82) is 0 Å². The lowest BCUT2D eigenvalue weighted by Gasteiger charge is -2.17. The van der Waals surface area contributed by atoms with Crippen molar-refractivity contribution < 1.29 is 9.59 Å². The van der Waals surface area contributed by atoms with E-state index >= 15 is 0 Å². The maximum absolute atomic E-state index is 11.7. The molecule has 6 heteroatoms. The predicted molar refractivity (Wildman–Crippen MR) is 77.6 cm³/mol. The van der Waals surface area contributed by atoms with Gasteiger partial charge < -0.3 is 16.0 Å². The van der Waals surface area contributed by atoms with Crippen LogP contribution in [0.15, 0.2) is 23.1 Å². The van der Waals surface area contributed by atoms with Gasteiger partial charge in [0.1, 0.15) is 0 Å². The lowest BCUT2D eigenvalue weighted by Crippen LogP contribution is -2.22. The second-order valence-electron chi connectivity index (χ2n) is 4.20. The number of thioether (sulfide) groups is 1. The van der Waals surface area contributed by atoms with Gasteiger partial charge in [0.2, 0.25) is 11.8 Å². The largest absolute Gasteiger partial charge is 0.326 e. The second-order valence-corrected chi connectivity index (χ2v) is 5.22. The van der Waals surface area contributed by atoms with Crippen molar-refractivity contribution in [2.75, 3.05) is 29.5 Å².